The van der Waals surface area contributed by atoms with Crippen molar-refractivity contribution in [1.29, 1.82) is 0 Å². The van der Waals surface area contributed by atoms with E-state index in [4.69, 9.17) is 27.2 Å². The first-order chi connectivity index (χ1) is 9.13. The second kappa shape index (κ2) is 4.55. The summed E-state index contributed by atoms with van der Waals surface area (Å²) in [6, 6.07) is 0. The fourth-order valence-corrected chi connectivity index (χ4v) is 2.45. The highest BCUT2D eigenvalue weighted by molar-refractivity contribution is 6.21. The monoisotopic (exact) mass is 287 g/mol. The number of nitrogen functional groups attached to an aromatic ring is 1. The van der Waals surface area contributed by atoms with E-state index in [9.17, 15) is 4.39 Å². The zero-order valence-electron chi connectivity index (χ0n) is 9.65. The van der Waals surface area contributed by atoms with Crippen LogP contribution < -0.4 is 5.73 Å². The Kier molecular flexibility index (Phi) is 3.00. The van der Waals surface area contributed by atoms with E-state index in [1.165, 1.54) is 17.2 Å². The van der Waals surface area contributed by atoms with E-state index in [1.54, 1.807) is 0 Å². The number of ether oxygens (including phenoxy) is 1. The summed E-state index contributed by atoms with van der Waals surface area (Å²) in [4.78, 5) is 11.9. The molecular formula is C10H11ClFN5O2. The van der Waals surface area contributed by atoms with Crippen molar-refractivity contribution >= 4 is 28.6 Å². The highest BCUT2D eigenvalue weighted by Gasteiger charge is 2.45. The largest absolute Gasteiger partial charge is 0.394 e. The molecule has 1 aliphatic rings. The SMILES string of the molecule is Nc1ncnc2c1ncn2[C@@H]1O[C@H](CO)[C@@H](F)[C@H]1Cl. The van der Waals surface area contributed by atoms with Crippen molar-refractivity contribution in [3.8, 4) is 0 Å². The number of rotatable bonds is 2. The third-order valence-electron chi connectivity index (χ3n) is 3.09. The fourth-order valence-electron chi connectivity index (χ4n) is 2.11. The van der Waals surface area contributed by atoms with Gasteiger partial charge in [-0.2, -0.15) is 0 Å². The van der Waals surface area contributed by atoms with Gasteiger partial charge in [-0.25, -0.2) is 19.3 Å². The predicted molar refractivity (Wildman–Crippen MR) is 65.3 cm³/mol. The number of nitrogens with two attached hydrogens (primary N) is 1. The lowest BCUT2D eigenvalue weighted by Gasteiger charge is -2.15. The minimum absolute atomic E-state index is 0.225. The van der Waals surface area contributed by atoms with Crippen LogP contribution in [0.2, 0.25) is 0 Å². The van der Waals surface area contributed by atoms with Gasteiger partial charge >= 0.3 is 0 Å². The van der Waals surface area contributed by atoms with Crippen LogP contribution in [-0.4, -0.2) is 48.9 Å². The highest BCUT2D eigenvalue weighted by atomic mass is 35.5. The third kappa shape index (κ3) is 1.83. The number of aliphatic hydroxyl groups is 1. The van der Waals surface area contributed by atoms with Gasteiger partial charge < -0.3 is 15.6 Å². The maximum atomic E-state index is 13.8. The van der Waals surface area contributed by atoms with Crippen LogP contribution in [0.5, 0.6) is 0 Å². The molecule has 0 aromatic carbocycles. The Balaban J connectivity index is 2.04. The van der Waals surface area contributed by atoms with Crippen LogP contribution in [0, 0.1) is 0 Å². The maximum absolute atomic E-state index is 13.8. The number of imidazole rings is 1. The van der Waals surface area contributed by atoms with E-state index >= 15 is 0 Å². The summed E-state index contributed by atoms with van der Waals surface area (Å²) in [5.74, 6) is 0.225. The van der Waals surface area contributed by atoms with Gasteiger partial charge in [-0.3, -0.25) is 4.57 Å². The summed E-state index contributed by atoms with van der Waals surface area (Å²) in [6.45, 7) is -0.440. The van der Waals surface area contributed by atoms with Gasteiger partial charge in [0.05, 0.1) is 12.9 Å². The molecule has 2 aromatic rings. The van der Waals surface area contributed by atoms with Gasteiger partial charge in [-0.1, -0.05) is 0 Å². The average molecular weight is 288 g/mol. The number of nitrogens with zero attached hydrogens (tertiary/aromatic N) is 4. The van der Waals surface area contributed by atoms with E-state index in [-0.39, 0.29) is 5.82 Å². The zero-order chi connectivity index (χ0) is 13.6. The molecule has 4 atom stereocenters. The Labute approximate surface area is 112 Å². The molecule has 3 rings (SSSR count). The number of halogens is 2. The Morgan fingerprint density at radius 1 is 1.47 bits per heavy atom. The molecule has 0 bridgehead atoms. The molecule has 0 radical (unpaired) electrons. The van der Waals surface area contributed by atoms with E-state index in [0.29, 0.717) is 11.2 Å². The quantitative estimate of drug-likeness (QED) is 0.768. The average Bonchev–Trinajstić information content (AvgIpc) is 2.94. The molecule has 3 heterocycles. The van der Waals surface area contributed by atoms with Crippen molar-refractivity contribution in [3.63, 3.8) is 0 Å². The van der Waals surface area contributed by atoms with Crippen LogP contribution in [0.4, 0.5) is 10.2 Å². The van der Waals surface area contributed by atoms with Gasteiger partial charge in [0.25, 0.3) is 0 Å². The molecule has 1 aliphatic heterocycles. The topological polar surface area (TPSA) is 99.1 Å². The number of aromatic nitrogens is 4. The summed E-state index contributed by atoms with van der Waals surface area (Å²) in [5, 5.41) is 8.09. The predicted octanol–water partition coefficient (Wildman–Crippen LogP) is 0.244. The smallest absolute Gasteiger partial charge is 0.167 e. The number of hydrogen-bond acceptors (Lipinski definition) is 6. The second-order valence-corrected chi connectivity index (χ2v) is 4.72. The van der Waals surface area contributed by atoms with Gasteiger partial charge in [-0.15, -0.1) is 11.6 Å². The molecule has 1 saturated heterocycles. The van der Waals surface area contributed by atoms with Crippen LogP contribution in [0.25, 0.3) is 11.2 Å². The minimum Gasteiger partial charge on any atom is -0.394 e. The van der Waals surface area contributed by atoms with Crippen LogP contribution in [0.3, 0.4) is 0 Å². The molecule has 0 saturated carbocycles. The van der Waals surface area contributed by atoms with Crippen LogP contribution in [-0.2, 0) is 4.74 Å². The van der Waals surface area contributed by atoms with Crippen LogP contribution >= 0.6 is 11.6 Å². The Bertz CT molecular complexity index is 609. The Morgan fingerprint density at radius 2 is 2.26 bits per heavy atom. The molecule has 0 spiro atoms. The molecular weight excluding hydrogens is 277 g/mol. The van der Waals surface area contributed by atoms with Crippen molar-refractivity contribution in [1.82, 2.24) is 19.5 Å². The van der Waals surface area contributed by atoms with Gasteiger partial charge in [0.1, 0.15) is 29.5 Å². The van der Waals surface area contributed by atoms with Crippen molar-refractivity contribution in [3.05, 3.63) is 12.7 Å². The van der Waals surface area contributed by atoms with Gasteiger partial charge in [0.15, 0.2) is 17.7 Å². The number of alkyl halides is 2. The molecule has 19 heavy (non-hydrogen) atoms. The van der Waals surface area contributed by atoms with Crippen molar-refractivity contribution in [2.24, 2.45) is 0 Å². The molecule has 0 aliphatic carbocycles. The molecule has 3 N–H and O–H groups in total. The molecule has 1 fully saturated rings. The lowest BCUT2D eigenvalue weighted by molar-refractivity contribution is -0.0319. The fraction of sp³-hybridized carbons (Fsp3) is 0.500. The van der Waals surface area contributed by atoms with Gasteiger partial charge in [0, 0.05) is 0 Å². The molecule has 2 aromatic heterocycles. The first-order valence-electron chi connectivity index (χ1n) is 5.61. The summed E-state index contributed by atoms with van der Waals surface area (Å²) in [7, 11) is 0. The van der Waals surface area contributed by atoms with Crippen LogP contribution in [0.15, 0.2) is 12.7 Å². The number of aliphatic hydroxyl groups excluding tert-OH is 1. The van der Waals surface area contributed by atoms with E-state index in [1.807, 2.05) is 0 Å². The lowest BCUT2D eigenvalue weighted by Crippen LogP contribution is -2.25. The van der Waals surface area contributed by atoms with Gasteiger partial charge in [-0.05, 0) is 0 Å². The first kappa shape index (κ1) is 12.5. The summed E-state index contributed by atoms with van der Waals surface area (Å²) in [6.07, 6.45) is -0.516. The van der Waals surface area contributed by atoms with E-state index in [0.717, 1.165) is 0 Å². The highest BCUT2D eigenvalue weighted by Crippen LogP contribution is 2.36. The van der Waals surface area contributed by atoms with Crippen molar-refractivity contribution < 1.29 is 14.2 Å². The molecule has 9 heteroatoms. The molecule has 102 valence electrons. The Morgan fingerprint density at radius 3 is 2.95 bits per heavy atom. The van der Waals surface area contributed by atoms with Gasteiger partial charge in [0.2, 0.25) is 0 Å². The van der Waals surface area contributed by atoms with Crippen molar-refractivity contribution in [2.45, 2.75) is 23.9 Å². The van der Waals surface area contributed by atoms with E-state index < -0.39 is 30.5 Å². The normalized spacial score (nSPS) is 31.1. The second-order valence-electron chi connectivity index (χ2n) is 4.22. The number of anilines is 1. The van der Waals surface area contributed by atoms with E-state index in [2.05, 4.69) is 15.0 Å². The molecule has 7 nitrogen and oxygen atoms in total. The van der Waals surface area contributed by atoms with Crippen molar-refractivity contribution in [2.75, 3.05) is 12.3 Å². The number of hydrogen-bond donors (Lipinski definition) is 2. The molecule has 0 unspecified atom stereocenters. The lowest BCUT2D eigenvalue weighted by atomic mass is 10.2. The first-order valence-corrected chi connectivity index (χ1v) is 6.04. The standard InChI is InChI=1S/C10H11ClFN5O2/c11-5-6(12)4(1-18)19-10(5)17-3-16-7-8(13)14-2-15-9(7)17/h2-6,10,18H,1H2,(H2,13,14,15)/t4-,5-,6-,10-/m1/s1. The number of fused-ring (bicyclic) bond motifs is 1. The minimum atomic E-state index is -1.46. The molecule has 0 amide bonds. The summed E-state index contributed by atoms with van der Waals surface area (Å²) >= 11 is 6.00. The zero-order valence-corrected chi connectivity index (χ0v) is 10.4. The summed E-state index contributed by atoms with van der Waals surface area (Å²) in [5.41, 5.74) is 6.48. The summed E-state index contributed by atoms with van der Waals surface area (Å²) < 4.78 is 20.7. The maximum Gasteiger partial charge on any atom is 0.167 e. The third-order valence-corrected chi connectivity index (χ3v) is 3.54. The Hall–Kier alpha value is -1.51. The van der Waals surface area contributed by atoms with Crippen LogP contribution in [0.1, 0.15) is 6.23 Å².